The normalized spacial score (nSPS) is 16.9. The van der Waals surface area contributed by atoms with Crippen molar-refractivity contribution in [3.63, 3.8) is 0 Å². The quantitative estimate of drug-likeness (QED) is 0.502. The van der Waals surface area contributed by atoms with E-state index in [1.54, 1.807) is 15.9 Å². The first-order valence-electron chi connectivity index (χ1n) is 9.30. The molecule has 4 aromatic rings. The van der Waals surface area contributed by atoms with Crippen molar-refractivity contribution < 1.29 is 4.74 Å². The van der Waals surface area contributed by atoms with E-state index in [4.69, 9.17) is 17.0 Å². The minimum atomic E-state index is -0.0518. The van der Waals surface area contributed by atoms with Crippen molar-refractivity contribution in [1.29, 1.82) is 0 Å². The van der Waals surface area contributed by atoms with Gasteiger partial charge in [-0.25, -0.2) is 14.1 Å². The lowest BCUT2D eigenvalue weighted by atomic mass is 9.96. The van der Waals surface area contributed by atoms with E-state index in [2.05, 4.69) is 24.0 Å². The average molecular weight is 413 g/mol. The van der Waals surface area contributed by atoms with Gasteiger partial charge in [0.2, 0.25) is 10.5 Å². The topological polar surface area (TPSA) is 64.3 Å². The molecule has 0 aliphatic carbocycles. The first-order valence-corrected chi connectivity index (χ1v) is 10.5. The van der Waals surface area contributed by atoms with Crippen molar-refractivity contribution in [2.45, 2.75) is 39.9 Å². The van der Waals surface area contributed by atoms with Gasteiger partial charge in [0.05, 0.1) is 23.8 Å². The minimum absolute atomic E-state index is 0.0518. The highest BCUT2D eigenvalue weighted by Gasteiger charge is 2.29. The zero-order valence-corrected chi connectivity index (χ0v) is 17.5. The molecule has 8 heteroatoms. The standard InChI is InChI=1S/C20H20N4O2S2/c1-10(2)14-8-13-15(9-26-14)28-18-16(13)17(25)23(12-6-4-5-11(3)7-12)19-21-22-20(27)24(18)19/h4-7,10,14H,8-9H2,1-3H3,(H,22,27)/t14-/m0/s1. The van der Waals surface area contributed by atoms with E-state index in [0.717, 1.165) is 38.3 Å². The Morgan fingerprint density at radius 2 is 2.21 bits per heavy atom. The van der Waals surface area contributed by atoms with Gasteiger partial charge in [-0.2, -0.15) is 0 Å². The van der Waals surface area contributed by atoms with Crippen LogP contribution in [0.4, 0.5) is 0 Å². The summed E-state index contributed by atoms with van der Waals surface area (Å²) in [5.41, 5.74) is 2.92. The number of aromatic amines is 1. The SMILES string of the molecule is Cc1cccc(-n2c(=O)c3c4c(sc3n3c(=S)[nH]nc23)CO[C@H](C(C)C)C4)c1. The van der Waals surface area contributed by atoms with E-state index < -0.39 is 0 Å². The number of rotatable bonds is 2. The lowest BCUT2D eigenvalue weighted by Crippen LogP contribution is -2.28. The van der Waals surface area contributed by atoms with Crippen molar-refractivity contribution in [2.75, 3.05) is 0 Å². The van der Waals surface area contributed by atoms with Gasteiger partial charge in [-0.05, 0) is 48.3 Å². The first kappa shape index (κ1) is 17.8. The molecule has 1 aromatic carbocycles. The monoisotopic (exact) mass is 412 g/mol. The fourth-order valence-corrected chi connectivity index (χ4v) is 5.43. The Bertz CT molecular complexity index is 1340. The van der Waals surface area contributed by atoms with Crippen LogP contribution in [0.25, 0.3) is 21.7 Å². The van der Waals surface area contributed by atoms with Gasteiger partial charge in [0.1, 0.15) is 4.83 Å². The fourth-order valence-electron chi connectivity index (χ4n) is 3.90. The molecule has 1 aliphatic heterocycles. The van der Waals surface area contributed by atoms with Gasteiger partial charge in [-0.1, -0.05) is 26.0 Å². The van der Waals surface area contributed by atoms with E-state index in [0.29, 0.717) is 23.1 Å². The zero-order chi connectivity index (χ0) is 19.6. The van der Waals surface area contributed by atoms with E-state index >= 15 is 0 Å². The number of ether oxygens (including phenoxy) is 1. The molecule has 1 aliphatic rings. The van der Waals surface area contributed by atoms with Crippen LogP contribution in [0.5, 0.6) is 0 Å². The van der Waals surface area contributed by atoms with Gasteiger partial charge in [0.25, 0.3) is 5.56 Å². The van der Waals surface area contributed by atoms with Crippen LogP contribution < -0.4 is 5.56 Å². The van der Waals surface area contributed by atoms with Gasteiger partial charge in [-0.15, -0.1) is 16.4 Å². The van der Waals surface area contributed by atoms with E-state index in [1.165, 1.54) is 0 Å². The van der Waals surface area contributed by atoms with Crippen molar-refractivity contribution in [3.8, 4) is 5.69 Å². The third-order valence-electron chi connectivity index (χ3n) is 5.38. The molecular weight excluding hydrogens is 392 g/mol. The lowest BCUT2D eigenvalue weighted by Gasteiger charge is -2.26. The van der Waals surface area contributed by atoms with Gasteiger partial charge < -0.3 is 4.74 Å². The summed E-state index contributed by atoms with van der Waals surface area (Å²) in [5, 5.41) is 7.96. The molecule has 0 unspecified atom stereocenters. The number of aromatic nitrogens is 4. The summed E-state index contributed by atoms with van der Waals surface area (Å²) in [5.74, 6) is 0.898. The Morgan fingerprint density at radius 1 is 1.39 bits per heavy atom. The average Bonchev–Trinajstić information content (AvgIpc) is 3.22. The number of hydrogen-bond donors (Lipinski definition) is 1. The molecular formula is C20H20N4O2S2. The number of fused-ring (bicyclic) bond motifs is 5. The maximum Gasteiger partial charge on any atom is 0.268 e. The van der Waals surface area contributed by atoms with E-state index in [9.17, 15) is 4.79 Å². The van der Waals surface area contributed by atoms with Crippen molar-refractivity contribution >= 4 is 39.5 Å². The number of benzene rings is 1. The number of nitrogens with zero attached hydrogens (tertiary/aromatic N) is 3. The van der Waals surface area contributed by atoms with Gasteiger partial charge in [0.15, 0.2) is 0 Å². The first-order chi connectivity index (χ1) is 13.5. The number of thiophene rings is 1. The van der Waals surface area contributed by atoms with Crippen LogP contribution in [0.2, 0.25) is 0 Å². The predicted molar refractivity (Wildman–Crippen MR) is 113 cm³/mol. The van der Waals surface area contributed by atoms with Crippen molar-refractivity contribution in [2.24, 2.45) is 5.92 Å². The molecule has 6 nitrogen and oxygen atoms in total. The van der Waals surface area contributed by atoms with Crippen molar-refractivity contribution in [1.82, 2.24) is 19.2 Å². The van der Waals surface area contributed by atoms with Gasteiger partial charge in [-0.3, -0.25) is 4.79 Å². The Balaban J connectivity index is 1.91. The van der Waals surface area contributed by atoms with Gasteiger partial charge >= 0.3 is 0 Å². The van der Waals surface area contributed by atoms with E-state index in [1.807, 2.05) is 35.6 Å². The van der Waals surface area contributed by atoms with Gasteiger partial charge in [0, 0.05) is 11.3 Å². The van der Waals surface area contributed by atoms with E-state index in [-0.39, 0.29) is 11.7 Å². The molecule has 3 aromatic heterocycles. The van der Waals surface area contributed by atoms with Crippen LogP contribution in [0.3, 0.4) is 0 Å². The number of aryl methyl sites for hydroxylation is 1. The van der Waals surface area contributed by atoms with Crippen LogP contribution in [-0.2, 0) is 17.8 Å². The molecule has 28 heavy (non-hydrogen) atoms. The molecule has 0 radical (unpaired) electrons. The molecule has 0 amide bonds. The van der Waals surface area contributed by atoms with Crippen LogP contribution in [0, 0.1) is 17.6 Å². The Labute approximate surface area is 170 Å². The fraction of sp³-hybridized carbons (Fsp3) is 0.350. The number of hydrogen-bond acceptors (Lipinski definition) is 5. The summed E-state index contributed by atoms with van der Waals surface area (Å²) in [6.45, 7) is 6.85. The van der Waals surface area contributed by atoms with Crippen LogP contribution in [0.1, 0.15) is 29.9 Å². The molecule has 0 saturated heterocycles. The van der Waals surface area contributed by atoms with Crippen LogP contribution in [0.15, 0.2) is 29.1 Å². The third-order valence-corrected chi connectivity index (χ3v) is 6.85. The minimum Gasteiger partial charge on any atom is -0.372 e. The molecule has 1 N–H and O–H groups in total. The molecule has 1 atom stereocenters. The summed E-state index contributed by atoms with van der Waals surface area (Å²) in [6.07, 6.45) is 0.859. The molecule has 4 heterocycles. The second-order valence-electron chi connectivity index (χ2n) is 7.63. The summed E-state index contributed by atoms with van der Waals surface area (Å²) < 4.78 is 10.1. The Morgan fingerprint density at radius 3 is 2.96 bits per heavy atom. The van der Waals surface area contributed by atoms with Crippen LogP contribution in [-0.4, -0.2) is 25.3 Å². The molecule has 5 rings (SSSR count). The lowest BCUT2D eigenvalue weighted by molar-refractivity contribution is 0.00200. The maximum absolute atomic E-state index is 13.7. The molecule has 0 spiro atoms. The summed E-state index contributed by atoms with van der Waals surface area (Å²) in [7, 11) is 0. The predicted octanol–water partition coefficient (Wildman–Crippen LogP) is 4.16. The van der Waals surface area contributed by atoms with Crippen molar-refractivity contribution in [3.05, 3.63) is 55.4 Å². The Kier molecular flexibility index (Phi) is 4.04. The summed E-state index contributed by atoms with van der Waals surface area (Å²) in [4.78, 5) is 15.7. The van der Waals surface area contributed by atoms with Crippen LogP contribution >= 0.6 is 23.6 Å². The second kappa shape index (κ2) is 6.37. The highest BCUT2D eigenvalue weighted by atomic mass is 32.1. The highest BCUT2D eigenvalue weighted by Crippen LogP contribution is 2.36. The Hall–Kier alpha value is -2.29. The molecule has 0 bridgehead atoms. The number of nitrogens with one attached hydrogen (secondary N) is 1. The second-order valence-corrected chi connectivity index (χ2v) is 9.10. The molecule has 0 fully saturated rings. The molecule has 144 valence electrons. The maximum atomic E-state index is 13.7. The summed E-state index contributed by atoms with van der Waals surface area (Å²) >= 11 is 7.08. The largest absolute Gasteiger partial charge is 0.372 e. The third kappa shape index (κ3) is 2.52. The summed E-state index contributed by atoms with van der Waals surface area (Å²) in [6, 6.07) is 7.88. The zero-order valence-electron chi connectivity index (χ0n) is 15.9. The number of H-pyrrole nitrogens is 1. The smallest absolute Gasteiger partial charge is 0.268 e. The highest BCUT2D eigenvalue weighted by molar-refractivity contribution is 7.71. The molecule has 0 saturated carbocycles.